The molecular weight excluding hydrogens is 294 g/mol. The van der Waals surface area contributed by atoms with E-state index in [1.54, 1.807) is 24.3 Å². The fourth-order valence-electron chi connectivity index (χ4n) is 2.60. The Kier molecular flexibility index (Phi) is 4.85. The van der Waals surface area contributed by atoms with Crippen LogP contribution in [0.4, 0.5) is 4.79 Å². The third-order valence-electron chi connectivity index (χ3n) is 3.54. The molecule has 6 heteroatoms. The van der Waals surface area contributed by atoms with Gasteiger partial charge in [0.1, 0.15) is 0 Å². The second kappa shape index (κ2) is 6.63. The van der Waals surface area contributed by atoms with Gasteiger partial charge in [0.15, 0.2) is 0 Å². The van der Waals surface area contributed by atoms with Gasteiger partial charge in [-0.05, 0) is 30.5 Å². The average molecular weight is 310 g/mol. The van der Waals surface area contributed by atoms with Gasteiger partial charge in [0, 0.05) is 11.1 Å². The number of ether oxygens (including phenoxy) is 1. The molecule has 1 aliphatic heterocycles. The second-order valence-electron chi connectivity index (χ2n) is 4.79. The molecule has 0 aliphatic carbocycles. The lowest BCUT2D eigenvalue weighted by molar-refractivity contribution is -0.134. The standard InChI is InChI=1S/C15H16ClNO4/c1-21-14(18)8-6-12-5-7-13(17(12)15(19)20)10-3-2-4-11(16)9-10/h2-4,6,8-9,12-13H,5,7H2,1H3,(H,19,20)/b8-6+/t12-,13+/m1/s1. The molecule has 1 aromatic carbocycles. The molecular formula is C15H16ClNO4. The lowest BCUT2D eigenvalue weighted by Gasteiger charge is -2.26. The van der Waals surface area contributed by atoms with E-state index < -0.39 is 12.1 Å². The molecule has 1 aromatic rings. The number of amides is 1. The number of hydrogen-bond acceptors (Lipinski definition) is 3. The largest absolute Gasteiger partial charge is 0.466 e. The number of nitrogens with zero attached hydrogens (tertiary/aromatic N) is 1. The lowest BCUT2D eigenvalue weighted by atomic mass is 10.1. The number of hydrogen-bond donors (Lipinski definition) is 1. The first-order valence-electron chi connectivity index (χ1n) is 6.56. The number of carbonyl (C=O) groups is 2. The van der Waals surface area contributed by atoms with Gasteiger partial charge in [-0.25, -0.2) is 9.59 Å². The molecule has 5 nitrogen and oxygen atoms in total. The maximum atomic E-state index is 11.5. The number of halogens is 1. The molecule has 0 radical (unpaired) electrons. The van der Waals surface area contributed by atoms with E-state index in [4.69, 9.17) is 11.6 Å². The highest BCUT2D eigenvalue weighted by atomic mass is 35.5. The van der Waals surface area contributed by atoms with Crippen molar-refractivity contribution in [1.29, 1.82) is 0 Å². The molecule has 1 saturated heterocycles. The zero-order chi connectivity index (χ0) is 15.4. The van der Waals surface area contributed by atoms with Crippen LogP contribution in [0.15, 0.2) is 36.4 Å². The number of esters is 1. The van der Waals surface area contributed by atoms with Crippen LogP contribution in [-0.4, -0.2) is 35.2 Å². The van der Waals surface area contributed by atoms with Crippen LogP contribution in [-0.2, 0) is 9.53 Å². The van der Waals surface area contributed by atoms with Gasteiger partial charge < -0.3 is 9.84 Å². The summed E-state index contributed by atoms with van der Waals surface area (Å²) in [6.45, 7) is 0. The molecule has 112 valence electrons. The van der Waals surface area contributed by atoms with Crippen LogP contribution < -0.4 is 0 Å². The van der Waals surface area contributed by atoms with Crippen LogP contribution in [0.5, 0.6) is 0 Å². The Morgan fingerprint density at radius 3 is 2.81 bits per heavy atom. The van der Waals surface area contributed by atoms with Gasteiger partial charge in [0.05, 0.1) is 19.2 Å². The Morgan fingerprint density at radius 2 is 2.19 bits per heavy atom. The van der Waals surface area contributed by atoms with Crippen molar-refractivity contribution >= 4 is 23.7 Å². The van der Waals surface area contributed by atoms with Crippen molar-refractivity contribution < 1.29 is 19.4 Å². The van der Waals surface area contributed by atoms with E-state index in [-0.39, 0.29) is 12.1 Å². The minimum atomic E-state index is -1.02. The Morgan fingerprint density at radius 1 is 1.43 bits per heavy atom. The molecule has 0 unspecified atom stereocenters. The SMILES string of the molecule is COC(=O)/C=C/[C@H]1CC[C@@H](c2cccc(Cl)c2)N1C(=O)O. The highest BCUT2D eigenvalue weighted by Gasteiger charge is 2.36. The van der Waals surface area contributed by atoms with Crippen molar-refractivity contribution in [2.24, 2.45) is 0 Å². The predicted octanol–water partition coefficient (Wildman–Crippen LogP) is 3.25. The Balaban J connectivity index is 2.23. The summed E-state index contributed by atoms with van der Waals surface area (Å²) in [7, 11) is 1.28. The van der Waals surface area contributed by atoms with Crippen molar-refractivity contribution in [1.82, 2.24) is 4.90 Å². The normalized spacial score (nSPS) is 21.7. The summed E-state index contributed by atoms with van der Waals surface area (Å²) in [5.74, 6) is -0.494. The summed E-state index contributed by atoms with van der Waals surface area (Å²) >= 11 is 5.97. The Bertz CT molecular complexity index is 573. The summed E-state index contributed by atoms with van der Waals surface area (Å²) in [5.41, 5.74) is 0.860. The molecule has 2 rings (SSSR count). The molecule has 0 bridgehead atoms. The second-order valence-corrected chi connectivity index (χ2v) is 5.22. The Labute approximate surface area is 127 Å². The van der Waals surface area contributed by atoms with E-state index in [0.29, 0.717) is 17.9 Å². The molecule has 0 spiro atoms. The summed E-state index contributed by atoms with van der Waals surface area (Å²) < 4.78 is 4.52. The van der Waals surface area contributed by atoms with Crippen LogP contribution in [0.2, 0.25) is 5.02 Å². The number of carbonyl (C=O) groups excluding carboxylic acids is 1. The molecule has 0 saturated carbocycles. The van der Waals surface area contributed by atoms with Crippen molar-refractivity contribution in [2.75, 3.05) is 7.11 Å². The van der Waals surface area contributed by atoms with Gasteiger partial charge in [-0.2, -0.15) is 0 Å². The zero-order valence-electron chi connectivity index (χ0n) is 11.5. The molecule has 21 heavy (non-hydrogen) atoms. The van der Waals surface area contributed by atoms with E-state index in [1.807, 2.05) is 6.07 Å². The minimum Gasteiger partial charge on any atom is -0.466 e. The molecule has 1 N–H and O–H groups in total. The lowest BCUT2D eigenvalue weighted by Crippen LogP contribution is -2.35. The first kappa shape index (κ1) is 15.4. The van der Waals surface area contributed by atoms with Gasteiger partial charge in [-0.15, -0.1) is 0 Å². The van der Waals surface area contributed by atoms with E-state index in [9.17, 15) is 14.7 Å². The monoisotopic (exact) mass is 309 g/mol. The third kappa shape index (κ3) is 3.55. The predicted molar refractivity (Wildman–Crippen MR) is 78.2 cm³/mol. The Hall–Kier alpha value is -2.01. The van der Waals surface area contributed by atoms with Crippen LogP contribution in [0.1, 0.15) is 24.4 Å². The first-order chi connectivity index (χ1) is 10.0. The number of rotatable bonds is 3. The van der Waals surface area contributed by atoms with Gasteiger partial charge >= 0.3 is 12.1 Å². The van der Waals surface area contributed by atoms with Gasteiger partial charge in [0.2, 0.25) is 0 Å². The summed E-state index contributed by atoms with van der Waals surface area (Å²) in [6, 6.07) is 6.58. The van der Waals surface area contributed by atoms with Gasteiger partial charge in [0.25, 0.3) is 0 Å². The molecule has 1 aliphatic rings. The van der Waals surface area contributed by atoms with Crippen molar-refractivity contribution in [3.8, 4) is 0 Å². The highest BCUT2D eigenvalue weighted by Crippen LogP contribution is 2.37. The smallest absolute Gasteiger partial charge is 0.408 e. The summed E-state index contributed by atoms with van der Waals surface area (Å²) in [4.78, 5) is 24.0. The molecule has 1 heterocycles. The zero-order valence-corrected chi connectivity index (χ0v) is 12.3. The summed E-state index contributed by atoms with van der Waals surface area (Å²) in [6.07, 6.45) is 3.16. The van der Waals surface area contributed by atoms with Crippen molar-refractivity contribution in [3.63, 3.8) is 0 Å². The fourth-order valence-corrected chi connectivity index (χ4v) is 2.80. The maximum Gasteiger partial charge on any atom is 0.408 e. The number of benzene rings is 1. The van der Waals surface area contributed by atoms with Crippen LogP contribution in [0.3, 0.4) is 0 Å². The minimum absolute atomic E-state index is 0.256. The van der Waals surface area contributed by atoms with E-state index in [1.165, 1.54) is 18.1 Å². The van der Waals surface area contributed by atoms with Gasteiger partial charge in [-0.1, -0.05) is 29.8 Å². The molecule has 1 fully saturated rings. The number of methoxy groups -OCH3 is 1. The van der Waals surface area contributed by atoms with Crippen LogP contribution >= 0.6 is 11.6 Å². The van der Waals surface area contributed by atoms with Crippen LogP contribution in [0, 0.1) is 0 Å². The average Bonchev–Trinajstić information content (AvgIpc) is 2.88. The van der Waals surface area contributed by atoms with Crippen molar-refractivity contribution in [3.05, 3.63) is 47.0 Å². The summed E-state index contributed by atoms with van der Waals surface area (Å²) in [5, 5.41) is 10.0. The van der Waals surface area contributed by atoms with E-state index in [0.717, 1.165) is 5.56 Å². The topological polar surface area (TPSA) is 66.8 Å². The third-order valence-corrected chi connectivity index (χ3v) is 3.77. The van der Waals surface area contributed by atoms with Gasteiger partial charge in [-0.3, -0.25) is 4.90 Å². The maximum absolute atomic E-state index is 11.5. The first-order valence-corrected chi connectivity index (χ1v) is 6.93. The number of carboxylic acid groups (broad SMARTS) is 1. The quantitative estimate of drug-likeness (QED) is 0.687. The van der Waals surface area contributed by atoms with E-state index in [2.05, 4.69) is 4.74 Å². The van der Waals surface area contributed by atoms with Crippen molar-refractivity contribution in [2.45, 2.75) is 24.9 Å². The molecule has 0 aromatic heterocycles. The fraction of sp³-hybridized carbons (Fsp3) is 0.333. The highest BCUT2D eigenvalue weighted by molar-refractivity contribution is 6.30. The number of likely N-dealkylation sites (tertiary alicyclic amines) is 1. The molecule has 1 amide bonds. The van der Waals surface area contributed by atoms with Crippen LogP contribution in [0.25, 0.3) is 0 Å². The molecule has 2 atom stereocenters. The van der Waals surface area contributed by atoms with E-state index >= 15 is 0 Å².